The molecule has 5 heteroatoms. The number of hydrogen-bond donors (Lipinski definition) is 0. The molecule has 0 saturated heterocycles. The van der Waals surface area contributed by atoms with E-state index in [1.807, 2.05) is 0 Å². The van der Waals surface area contributed by atoms with Crippen LogP contribution in [-0.2, 0) is 19.1 Å². The van der Waals surface area contributed by atoms with Gasteiger partial charge in [0.1, 0.15) is 0 Å². The Bertz CT molecular complexity index is 286. The van der Waals surface area contributed by atoms with Gasteiger partial charge in [0, 0.05) is 18.7 Å². The summed E-state index contributed by atoms with van der Waals surface area (Å²) in [5, 5.41) is 0. The summed E-state index contributed by atoms with van der Waals surface area (Å²) in [6, 6.07) is 0. The molecule has 0 aliphatic rings. The lowest BCUT2D eigenvalue weighted by Gasteiger charge is -2.17. The van der Waals surface area contributed by atoms with Crippen LogP contribution in [0.5, 0.6) is 0 Å². The Morgan fingerprint density at radius 2 is 2.06 bits per heavy atom. The van der Waals surface area contributed by atoms with Crippen molar-refractivity contribution in [2.45, 2.75) is 20.3 Å². The molecule has 0 aliphatic heterocycles. The maximum absolute atomic E-state index is 11.0. The number of rotatable bonds is 7. The summed E-state index contributed by atoms with van der Waals surface area (Å²) in [4.78, 5) is 33.6. The molecular formula is C11H17NO4. The van der Waals surface area contributed by atoms with E-state index in [2.05, 4.69) is 6.58 Å². The SMILES string of the molecule is C=C(C)C(=O)OCCCN(CC)C(=O)C=O. The zero-order valence-corrected chi connectivity index (χ0v) is 9.69. The van der Waals surface area contributed by atoms with Gasteiger partial charge < -0.3 is 9.64 Å². The van der Waals surface area contributed by atoms with Gasteiger partial charge in [0.2, 0.25) is 6.29 Å². The summed E-state index contributed by atoms with van der Waals surface area (Å²) >= 11 is 0. The topological polar surface area (TPSA) is 63.7 Å². The molecule has 0 N–H and O–H groups in total. The number of likely N-dealkylation sites (N-methyl/N-ethyl adjacent to an activating group) is 1. The van der Waals surface area contributed by atoms with E-state index in [0.717, 1.165) is 0 Å². The lowest BCUT2D eigenvalue weighted by molar-refractivity contribution is -0.140. The minimum Gasteiger partial charge on any atom is -0.462 e. The van der Waals surface area contributed by atoms with E-state index < -0.39 is 11.9 Å². The van der Waals surface area contributed by atoms with E-state index in [4.69, 9.17) is 4.74 Å². The van der Waals surface area contributed by atoms with Crippen LogP contribution in [0.15, 0.2) is 12.2 Å². The number of carbonyl (C=O) groups is 3. The summed E-state index contributed by atoms with van der Waals surface area (Å²) in [6.45, 7) is 7.87. The first-order chi connectivity index (χ1) is 7.52. The van der Waals surface area contributed by atoms with Crippen LogP contribution in [0.25, 0.3) is 0 Å². The first-order valence-corrected chi connectivity index (χ1v) is 5.09. The highest BCUT2D eigenvalue weighted by Gasteiger charge is 2.09. The molecule has 0 unspecified atom stereocenters. The minimum absolute atomic E-state index is 0.217. The van der Waals surface area contributed by atoms with Gasteiger partial charge in [-0.05, 0) is 20.3 Å². The number of nitrogens with zero attached hydrogens (tertiary/aromatic N) is 1. The van der Waals surface area contributed by atoms with Crippen molar-refractivity contribution in [3.63, 3.8) is 0 Å². The Hall–Kier alpha value is -1.65. The number of ether oxygens (including phenoxy) is 1. The van der Waals surface area contributed by atoms with Crippen molar-refractivity contribution >= 4 is 18.2 Å². The molecule has 90 valence electrons. The Labute approximate surface area is 95.1 Å². The number of amides is 1. The van der Waals surface area contributed by atoms with Crippen LogP contribution in [-0.4, -0.2) is 42.8 Å². The number of aldehydes is 1. The van der Waals surface area contributed by atoms with Gasteiger partial charge in [-0.25, -0.2) is 4.79 Å². The average molecular weight is 227 g/mol. The van der Waals surface area contributed by atoms with Crippen LogP contribution < -0.4 is 0 Å². The van der Waals surface area contributed by atoms with Crippen LogP contribution in [0, 0.1) is 0 Å². The molecule has 0 aliphatic carbocycles. The van der Waals surface area contributed by atoms with Gasteiger partial charge in [-0.3, -0.25) is 9.59 Å². The highest BCUT2D eigenvalue weighted by molar-refractivity contribution is 6.23. The molecule has 0 saturated carbocycles. The molecule has 0 aromatic rings. The molecule has 0 radical (unpaired) electrons. The first kappa shape index (κ1) is 14.3. The van der Waals surface area contributed by atoms with Gasteiger partial charge in [-0.15, -0.1) is 0 Å². The fourth-order valence-electron chi connectivity index (χ4n) is 1.04. The maximum atomic E-state index is 11.0. The van der Waals surface area contributed by atoms with E-state index in [1.54, 1.807) is 13.8 Å². The number of carbonyl (C=O) groups excluding carboxylic acids is 3. The molecular weight excluding hydrogens is 210 g/mol. The molecule has 0 atom stereocenters. The van der Waals surface area contributed by atoms with Gasteiger partial charge in [0.05, 0.1) is 6.61 Å². The van der Waals surface area contributed by atoms with Gasteiger partial charge in [0.25, 0.3) is 5.91 Å². The van der Waals surface area contributed by atoms with Crippen molar-refractivity contribution in [2.75, 3.05) is 19.7 Å². The number of esters is 1. The highest BCUT2D eigenvalue weighted by atomic mass is 16.5. The van der Waals surface area contributed by atoms with E-state index in [9.17, 15) is 14.4 Å². The normalized spacial score (nSPS) is 9.38. The molecule has 0 bridgehead atoms. The second kappa shape index (κ2) is 7.62. The van der Waals surface area contributed by atoms with Gasteiger partial charge in [0.15, 0.2) is 0 Å². The third kappa shape index (κ3) is 5.29. The van der Waals surface area contributed by atoms with E-state index in [1.165, 1.54) is 4.90 Å². The Balaban J connectivity index is 3.80. The third-order valence-corrected chi connectivity index (χ3v) is 1.95. The number of hydrogen-bond acceptors (Lipinski definition) is 4. The second-order valence-electron chi connectivity index (χ2n) is 3.31. The Kier molecular flexibility index (Phi) is 6.83. The largest absolute Gasteiger partial charge is 0.462 e. The fraction of sp³-hybridized carbons (Fsp3) is 0.545. The molecule has 0 aromatic carbocycles. The maximum Gasteiger partial charge on any atom is 0.333 e. The lowest BCUT2D eigenvalue weighted by atomic mass is 10.3. The zero-order chi connectivity index (χ0) is 12.6. The average Bonchev–Trinajstić information content (AvgIpc) is 2.27. The van der Waals surface area contributed by atoms with E-state index in [-0.39, 0.29) is 12.9 Å². The van der Waals surface area contributed by atoms with Crippen molar-refractivity contribution < 1.29 is 19.1 Å². The van der Waals surface area contributed by atoms with Crippen LogP contribution in [0.4, 0.5) is 0 Å². The molecule has 0 fully saturated rings. The predicted octanol–water partition coefficient (Wildman–Crippen LogP) is 0.543. The first-order valence-electron chi connectivity index (χ1n) is 5.09. The van der Waals surface area contributed by atoms with Crippen LogP contribution in [0.1, 0.15) is 20.3 Å². The Morgan fingerprint density at radius 3 is 2.50 bits per heavy atom. The monoisotopic (exact) mass is 227 g/mol. The minimum atomic E-state index is -0.547. The van der Waals surface area contributed by atoms with Crippen molar-refractivity contribution in [2.24, 2.45) is 0 Å². The molecule has 16 heavy (non-hydrogen) atoms. The molecule has 0 aromatic heterocycles. The van der Waals surface area contributed by atoms with E-state index in [0.29, 0.717) is 25.1 Å². The molecule has 5 nitrogen and oxygen atoms in total. The van der Waals surface area contributed by atoms with Crippen LogP contribution in [0.2, 0.25) is 0 Å². The van der Waals surface area contributed by atoms with Crippen molar-refractivity contribution in [1.29, 1.82) is 0 Å². The Morgan fingerprint density at radius 1 is 1.44 bits per heavy atom. The van der Waals surface area contributed by atoms with Crippen molar-refractivity contribution in [1.82, 2.24) is 4.90 Å². The van der Waals surface area contributed by atoms with Crippen LogP contribution in [0.3, 0.4) is 0 Å². The predicted molar refractivity (Wildman–Crippen MR) is 58.7 cm³/mol. The van der Waals surface area contributed by atoms with Gasteiger partial charge in [-0.1, -0.05) is 6.58 Å². The van der Waals surface area contributed by atoms with Crippen LogP contribution >= 0.6 is 0 Å². The molecule has 0 spiro atoms. The summed E-state index contributed by atoms with van der Waals surface area (Å²) in [6.07, 6.45) is 0.788. The summed E-state index contributed by atoms with van der Waals surface area (Å²) in [7, 11) is 0. The summed E-state index contributed by atoms with van der Waals surface area (Å²) < 4.78 is 4.85. The quantitative estimate of drug-likeness (QED) is 0.209. The summed E-state index contributed by atoms with van der Waals surface area (Å²) in [5.74, 6) is -0.988. The lowest BCUT2D eigenvalue weighted by Crippen LogP contribution is -2.33. The van der Waals surface area contributed by atoms with Gasteiger partial charge >= 0.3 is 5.97 Å². The van der Waals surface area contributed by atoms with Gasteiger partial charge in [-0.2, -0.15) is 0 Å². The highest BCUT2D eigenvalue weighted by Crippen LogP contribution is 1.96. The zero-order valence-electron chi connectivity index (χ0n) is 9.69. The van der Waals surface area contributed by atoms with Crippen molar-refractivity contribution in [3.05, 3.63) is 12.2 Å². The van der Waals surface area contributed by atoms with E-state index >= 15 is 0 Å². The molecule has 0 heterocycles. The smallest absolute Gasteiger partial charge is 0.333 e. The standard InChI is InChI=1S/C11H17NO4/c1-4-12(10(14)8-13)6-5-7-16-11(15)9(2)3/h8H,2,4-7H2,1,3H3. The second-order valence-corrected chi connectivity index (χ2v) is 3.31. The molecule has 1 amide bonds. The fourth-order valence-corrected chi connectivity index (χ4v) is 1.04. The third-order valence-electron chi connectivity index (χ3n) is 1.95. The summed E-state index contributed by atoms with van der Waals surface area (Å²) in [5.41, 5.74) is 0.344. The van der Waals surface area contributed by atoms with Crippen molar-refractivity contribution in [3.8, 4) is 0 Å². The molecule has 0 rings (SSSR count).